The standard InChI is InChI=1S/C18H34N2/c1-14(2)16-13-19-11-7-8-15(19)12-20(16)17-9-5-6-10-18(17,3)4/h14-17H,5-13H2,1-4H3. The first-order valence-corrected chi connectivity index (χ1v) is 8.99. The Morgan fingerprint density at radius 2 is 1.80 bits per heavy atom. The van der Waals surface area contributed by atoms with Gasteiger partial charge in [0.15, 0.2) is 0 Å². The SMILES string of the molecule is CC(C)C1CN2CCCC2CN1C1CCCCC1(C)C. The second-order valence-electron chi connectivity index (χ2n) is 8.55. The molecule has 0 aromatic carbocycles. The van der Waals surface area contributed by atoms with Crippen LogP contribution in [-0.2, 0) is 0 Å². The first-order chi connectivity index (χ1) is 9.49. The van der Waals surface area contributed by atoms with E-state index in [4.69, 9.17) is 0 Å². The molecule has 3 aliphatic rings. The average Bonchev–Trinajstić information content (AvgIpc) is 2.83. The van der Waals surface area contributed by atoms with Gasteiger partial charge in [0.25, 0.3) is 0 Å². The Labute approximate surface area is 125 Å². The fraction of sp³-hybridized carbons (Fsp3) is 1.00. The van der Waals surface area contributed by atoms with Crippen LogP contribution in [0.15, 0.2) is 0 Å². The van der Waals surface area contributed by atoms with E-state index in [9.17, 15) is 0 Å². The van der Waals surface area contributed by atoms with Crippen LogP contribution >= 0.6 is 0 Å². The van der Waals surface area contributed by atoms with Gasteiger partial charge in [0.2, 0.25) is 0 Å². The normalized spacial score (nSPS) is 39.1. The third-order valence-electron chi connectivity index (χ3n) is 6.39. The van der Waals surface area contributed by atoms with Crippen LogP contribution in [0.3, 0.4) is 0 Å². The minimum Gasteiger partial charge on any atom is -0.298 e. The second kappa shape index (κ2) is 5.61. The zero-order valence-corrected chi connectivity index (χ0v) is 14.1. The van der Waals surface area contributed by atoms with E-state index in [1.165, 1.54) is 58.2 Å². The van der Waals surface area contributed by atoms with Gasteiger partial charge in [-0.2, -0.15) is 0 Å². The van der Waals surface area contributed by atoms with Crippen LogP contribution in [0, 0.1) is 11.3 Å². The predicted octanol–water partition coefficient (Wildman–Crippen LogP) is 3.76. The molecule has 3 fully saturated rings. The van der Waals surface area contributed by atoms with Crippen molar-refractivity contribution in [2.24, 2.45) is 11.3 Å². The molecule has 3 atom stereocenters. The van der Waals surface area contributed by atoms with Crippen molar-refractivity contribution in [3.63, 3.8) is 0 Å². The highest BCUT2D eigenvalue weighted by Crippen LogP contribution is 2.42. The van der Waals surface area contributed by atoms with E-state index in [2.05, 4.69) is 37.5 Å². The minimum absolute atomic E-state index is 0.520. The zero-order chi connectivity index (χ0) is 14.3. The summed E-state index contributed by atoms with van der Waals surface area (Å²) in [6, 6.07) is 2.47. The van der Waals surface area contributed by atoms with Crippen molar-refractivity contribution >= 4 is 0 Å². The molecule has 0 amide bonds. The summed E-state index contributed by atoms with van der Waals surface area (Å²) in [5.74, 6) is 0.786. The summed E-state index contributed by atoms with van der Waals surface area (Å²) in [7, 11) is 0. The third kappa shape index (κ3) is 2.66. The monoisotopic (exact) mass is 278 g/mol. The van der Waals surface area contributed by atoms with Gasteiger partial charge in [-0.05, 0) is 43.6 Å². The van der Waals surface area contributed by atoms with Crippen molar-refractivity contribution in [3.05, 3.63) is 0 Å². The van der Waals surface area contributed by atoms with Crippen molar-refractivity contribution in [2.45, 2.75) is 84.3 Å². The molecule has 0 N–H and O–H groups in total. The molecule has 2 heteroatoms. The number of fused-ring (bicyclic) bond motifs is 1. The Morgan fingerprint density at radius 1 is 1.00 bits per heavy atom. The number of nitrogens with zero attached hydrogens (tertiary/aromatic N) is 2. The third-order valence-corrected chi connectivity index (χ3v) is 6.39. The molecule has 2 saturated heterocycles. The summed E-state index contributed by atoms with van der Waals surface area (Å²) in [6.07, 6.45) is 8.62. The lowest BCUT2D eigenvalue weighted by molar-refractivity contribution is -0.0507. The Kier molecular flexibility index (Phi) is 4.16. The van der Waals surface area contributed by atoms with Crippen LogP contribution in [0.4, 0.5) is 0 Å². The lowest BCUT2D eigenvalue weighted by Gasteiger charge is -2.54. The van der Waals surface area contributed by atoms with Crippen molar-refractivity contribution < 1.29 is 0 Å². The Balaban J connectivity index is 1.80. The lowest BCUT2D eigenvalue weighted by Crippen LogP contribution is -2.63. The van der Waals surface area contributed by atoms with Crippen molar-refractivity contribution in [3.8, 4) is 0 Å². The Hall–Kier alpha value is -0.0800. The molecule has 0 aromatic rings. The van der Waals surface area contributed by atoms with Gasteiger partial charge in [-0.25, -0.2) is 0 Å². The van der Waals surface area contributed by atoms with E-state index >= 15 is 0 Å². The smallest absolute Gasteiger partial charge is 0.0250 e. The van der Waals surface area contributed by atoms with Gasteiger partial charge in [-0.3, -0.25) is 9.80 Å². The van der Waals surface area contributed by atoms with Gasteiger partial charge >= 0.3 is 0 Å². The van der Waals surface area contributed by atoms with E-state index < -0.39 is 0 Å². The average molecular weight is 278 g/mol. The minimum atomic E-state index is 0.520. The second-order valence-corrected chi connectivity index (χ2v) is 8.55. The van der Waals surface area contributed by atoms with E-state index in [1.54, 1.807) is 0 Å². The topological polar surface area (TPSA) is 6.48 Å². The lowest BCUT2D eigenvalue weighted by atomic mass is 9.71. The number of piperazine rings is 1. The van der Waals surface area contributed by atoms with Gasteiger partial charge in [-0.1, -0.05) is 40.5 Å². The molecule has 0 bridgehead atoms. The van der Waals surface area contributed by atoms with Crippen LogP contribution in [0.5, 0.6) is 0 Å². The fourth-order valence-corrected chi connectivity index (χ4v) is 5.11. The van der Waals surface area contributed by atoms with E-state index in [-0.39, 0.29) is 0 Å². The number of hydrogen-bond donors (Lipinski definition) is 0. The van der Waals surface area contributed by atoms with E-state index in [0.717, 1.165) is 24.0 Å². The van der Waals surface area contributed by atoms with Crippen molar-refractivity contribution in [2.75, 3.05) is 19.6 Å². The quantitative estimate of drug-likeness (QED) is 0.759. The van der Waals surface area contributed by atoms with Crippen LogP contribution in [0.25, 0.3) is 0 Å². The molecule has 2 aliphatic heterocycles. The molecule has 0 radical (unpaired) electrons. The maximum atomic E-state index is 2.95. The maximum Gasteiger partial charge on any atom is 0.0250 e. The Bertz CT molecular complexity index is 336. The molecule has 1 saturated carbocycles. The maximum absolute atomic E-state index is 2.95. The summed E-state index contributed by atoms with van der Waals surface area (Å²) in [4.78, 5) is 5.74. The first kappa shape index (κ1) is 14.8. The number of rotatable bonds is 2. The summed E-state index contributed by atoms with van der Waals surface area (Å²) < 4.78 is 0. The fourth-order valence-electron chi connectivity index (χ4n) is 5.11. The summed E-state index contributed by atoms with van der Waals surface area (Å²) in [5, 5.41) is 0. The van der Waals surface area contributed by atoms with E-state index in [1.807, 2.05) is 0 Å². The van der Waals surface area contributed by atoms with Gasteiger partial charge in [0.05, 0.1) is 0 Å². The van der Waals surface area contributed by atoms with Gasteiger partial charge < -0.3 is 0 Å². The summed E-state index contributed by atoms with van der Waals surface area (Å²) >= 11 is 0. The van der Waals surface area contributed by atoms with Crippen molar-refractivity contribution in [1.82, 2.24) is 9.80 Å². The van der Waals surface area contributed by atoms with Crippen LogP contribution in [0.1, 0.15) is 66.2 Å². The summed E-state index contributed by atoms with van der Waals surface area (Å²) in [5.41, 5.74) is 0.520. The summed E-state index contributed by atoms with van der Waals surface area (Å²) in [6.45, 7) is 13.9. The van der Waals surface area contributed by atoms with Gasteiger partial charge in [-0.15, -0.1) is 0 Å². The molecule has 1 aliphatic carbocycles. The van der Waals surface area contributed by atoms with Gasteiger partial charge in [0, 0.05) is 31.2 Å². The van der Waals surface area contributed by atoms with Crippen LogP contribution < -0.4 is 0 Å². The molecular weight excluding hydrogens is 244 g/mol. The van der Waals surface area contributed by atoms with Crippen LogP contribution in [-0.4, -0.2) is 47.6 Å². The molecule has 20 heavy (non-hydrogen) atoms. The van der Waals surface area contributed by atoms with Crippen LogP contribution in [0.2, 0.25) is 0 Å². The highest BCUT2D eigenvalue weighted by Gasteiger charge is 2.45. The molecule has 0 spiro atoms. The van der Waals surface area contributed by atoms with Gasteiger partial charge in [0.1, 0.15) is 0 Å². The molecule has 2 nitrogen and oxygen atoms in total. The highest BCUT2D eigenvalue weighted by atomic mass is 15.3. The molecule has 116 valence electrons. The molecule has 2 heterocycles. The van der Waals surface area contributed by atoms with E-state index in [0.29, 0.717) is 5.41 Å². The molecular formula is C18H34N2. The molecule has 3 unspecified atom stereocenters. The predicted molar refractivity (Wildman–Crippen MR) is 86.0 cm³/mol. The Morgan fingerprint density at radius 3 is 2.50 bits per heavy atom. The number of hydrogen-bond acceptors (Lipinski definition) is 2. The molecule has 3 rings (SSSR count). The largest absolute Gasteiger partial charge is 0.298 e. The first-order valence-electron chi connectivity index (χ1n) is 8.99. The van der Waals surface area contributed by atoms with Crippen molar-refractivity contribution in [1.29, 1.82) is 0 Å². The highest BCUT2D eigenvalue weighted by molar-refractivity contribution is 5.00. The molecule has 0 aromatic heterocycles. The zero-order valence-electron chi connectivity index (χ0n) is 14.1.